The van der Waals surface area contributed by atoms with E-state index in [-0.39, 0.29) is 5.69 Å². The number of nitro groups is 2. The summed E-state index contributed by atoms with van der Waals surface area (Å²) in [5.74, 6) is 0.816. The van der Waals surface area contributed by atoms with E-state index in [1.165, 1.54) is 12.3 Å². The number of aryl methyl sites for hydroxylation is 2. The molecule has 35 heavy (non-hydrogen) atoms. The Hall–Kier alpha value is -4.18. The number of anilines is 1. The minimum atomic E-state index is -0.725. The smallest absolute Gasteiger partial charge is 0.301 e. The zero-order valence-corrected chi connectivity index (χ0v) is 20.0. The molecular weight excluding hydrogens is 476 g/mol. The lowest BCUT2D eigenvalue weighted by Crippen LogP contribution is -2.02. The largest absolute Gasteiger partial charge is 0.490 e. The van der Waals surface area contributed by atoms with Crippen molar-refractivity contribution < 1.29 is 19.3 Å². The van der Waals surface area contributed by atoms with Crippen molar-refractivity contribution in [3.8, 4) is 11.5 Å². The monoisotopic (exact) mass is 498 g/mol. The van der Waals surface area contributed by atoms with Gasteiger partial charge in [-0.2, -0.15) is 5.10 Å². The normalized spacial score (nSPS) is 10.9. The van der Waals surface area contributed by atoms with E-state index in [9.17, 15) is 20.2 Å². The van der Waals surface area contributed by atoms with Gasteiger partial charge in [-0.1, -0.05) is 40.9 Å². The van der Waals surface area contributed by atoms with Crippen molar-refractivity contribution in [1.29, 1.82) is 0 Å². The number of hydrogen-bond acceptors (Lipinski definition) is 8. The Bertz CT molecular complexity index is 1270. The number of rotatable bonds is 10. The Balaban J connectivity index is 1.80. The second kappa shape index (κ2) is 11.3. The zero-order chi connectivity index (χ0) is 25.5. The van der Waals surface area contributed by atoms with Crippen molar-refractivity contribution in [2.24, 2.45) is 5.10 Å². The fourth-order valence-electron chi connectivity index (χ4n) is 3.43. The highest BCUT2D eigenvalue weighted by Crippen LogP contribution is 2.37. The molecule has 11 heteroatoms. The van der Waals surface area contributed by atoms with Gasteiger partial charge in [0.1, 0.15) is 12.3 Å². The van der Waals surface area contributed by atoms with Gasteiger partial charge in [0, 0.05) is 6.07 Å². The number of nitrogens with one attached hydrogen (secondary N) is 1. The Morgan fingerprint density at radius 2 is 1.71 bits per heavy atom. The SMILES string of the molecule is CCOc1cc(/C=N/Nc2ccc([N+](=O)[O-])cc2[N+](=O)[O-])cc(Cl)c1OCc1cc(C)cc(C)c1. The number of hydrazone groups is 1. The van der Waals surface area contributed by atoms with Gasteiger partial charge in [0.15, 0.2) is 11.5 Å². The van der Waals surface area contributed by atoms with Crippen molar-refractivity contribution in [2.45, 2.75) is 27.4 Å². The first-order valence-corrected chi connectivity index (χ1v) is 10.9. The van der Waals surface area contributed by atoms with E-state index in [2.05, 4.69) is 16.6 Å². The molecule has 10 nitrogen and oxygen atoms in total. The highest BCUT2D eigenvalue weighted by molar-refractivity contribution is 6.32. The fraction of sp³-hybridized carbons (Fsp3) is 0.208. The van der Waals surface area contributed by atoms with Crippen LogP contribution in [0.1, 0.15) is 29.2 Å². The molecule has 1 N–H and O–H groups in total. The summed E-state index contributed by atoms with van der Waals surface area (Å²) >= 11 is 6.47. The van der Waals surface area contributed by atoms with Crippen molar-refractivity contribution in [1.82, 2.24) is 0 Å². The zero-order valence-electron chi connectivity index (χ0n) is 19.3. The van der Waals surface area contributed by atoms with Crippen molar-refractivity contribution in [3.05, 3.63) is 96.0 Å². The molecule has 0 unspecified atom stereocenters. The van der Waals surface area contributed by atoms with Crippen LogP contribution in [-0.4, -0.2) is 22.7 Å². The summed E-state index contributed by atoms with van der Waals surface area (Å²) in [5.41, 5.74) is 5.49. The van der Waals surface area contributed by atoms with Gasteiger partial charge in [0.05, 0.1) is 33.8 Å². The maximum Gasteiger partial charge on any atom is 0.301 e. The second-order valence-corrected chi connectivity index (χ2v) is 8.04. The number of nitrogens with zero attached hydrogens (tertiary/aromatic N) is 3. The van der Waals surface area contributed by atoms with E-state index >= 15 is 0 Å². The molecule has 0 radical (unpaired) electrons. The van der Waals surface area contributed by atoms with Crippen LogP contribution in [0.2, 0.25) is 5.02 Å². The molecule has 0 bridgehead atoms. The van der Waals surface area contributed by atoms with Crippen LogP contribution < -0.4 is 14.9 Å². The van der Waals surface area contributed by atoms with Gasteiger partial charge in [-0.05, 0) is 50.1 Å². The number of hydrogen-bond donors (Lipinski definition) is 1. The molecule has 3 aromatic carbocycles. The summed E-state index contributed by atoms with van der Waals surface area (Å²) in [6.07, 6.45) is 1.40. The van der Waals surface area contributed by atoms with Crippen LogP contribution in [-0.2, 0) is 6.61 Å². The van der Waals surface area contributed by atoms with Crippen molar-refractivity contribution >= 4 is 34.9 Å². The molecule has 3 rings (SSSR count). The average Bonchev–Trinajstić information content (AvgIpc) is 2.78. The Morgan fingerprint density at radius 3 is 2.34 bits per heavy atom. The summed E-state index contributed by atoms with van der Waals surface area (Å²) in [5, 5.41) is 26.5. The number of benzene rings is 3. The molecular formula is C24H23ClN4O6. The number of non-ortho nitro benzene ring substituents is 1. The first-order valence-electron chi connectivity index (χ1n) is 10.6. The van der Waals surface area contributed by atoms with Crippen molar-refractivity contribution in [2.75, 3.05) is 12.0 Å². The lowest BCUT2D eigenvalue weighted by molar-refractivity contribution is -0.393. The second-order valence-electron chi connectivity index (χ2n) is 7.63. The predicted octanol–water partition coefficient (Wildman–Crippen LogP) is 6.20. The van der Waals surface area contributed by atoms with Crippen LogP contribution in [0.3, 0.4) is 0 Å². The summed E-state index contributed by atoms with van der Waals surface area (Å²) < 4.78 is 11.7. The van der Waals surface area contributed by atoms with Crippen LogP contribution in [0.4, 0.5) is 17.1 Å². The van der Waals surface area contributed by atoms with Gasteiger partial charge < -0.3 is 9.47 Å². The van der Waals surface area contributed by atoms with E-state index in [1.807, 2.05) is 32.9 Å². The third-order valence-corrected chi connectivity index (χ3v) is 5.06. The molecule has 0 amide bonds. The highest BCUT2D eigenvalue weighted by atomic mass is 35.5. The van der Waals surface area contributed by atoms with E-state index in [0.29, 0.717) is 35.3 Å². The minimum Gasteiger partial charge on any atom is -0.490 e. The number of halogens is 1. The topological polar surface area (TPSA) is 129 Å². The molecule has 3 aromatic rings. The molecule has 0 aliphatic carbocycles. The Labute approximate surface area is 206 Å². The van der Waals surface area contributed by atoms with Gasteiger partial charge in [-0.3, -0.25) is 25.7 Å². The standard InChI is InChI=1S/C24H23ClN4O6/c1-4-34-23-11-17(10-20(25)24(23)35-14-18-8-15(2)7-16(3)9-18)13-26-27-21-6-5-19(28(30)31)12-22(21)29(32)33/h5-13,27H,4,14H2,1-3H3/b26-13+. The maximum atomic E-state index is 11.3. The van der Waals surface area contributed by atoms with Gasteiger partial charge in [0.2, 0.25) is 0 Å². The molecule has 0 aliphatic rings. The first-order chi connectivity index (χ1) is 16.7. The van der Waals surface area contributed by atoms with Crippen LogP contribution in [0.5, 0.6) is 11.5 Å². The molecule has 0 saturated heterocycles. The molecule has 0 aliphatic heterocycles. The maximum absolute atomic E-state index is 11.3. The van der Waals surface area contributed by atoms with Gasteiger partial charge in [0.25, 0.3) is 5.69 Å². The molecule has 0 aromatic heterocycles. The highest BCUT2D eigenvalue weighted by Gasteiger charge is 2.19. The lowest BCUT2D eigenvalue weighted by atomic mass is 10.1. The first kappa shape index (κ1) is 25.4. The number of nitro benzene ring substituents is 2. The number of ether oxygens (including phenoxy) is 2. The Morgan fingerprint density at radius 1 is 1.00 bits per heavy atom. The van der Waals surface area contributed by atoms with E-state index < -0.39 is 21.2 Å². The van der Waals surface area contributed by atoms with Gasteiger partial charge in [-0.15, -0.1) is 0 Å². The van der Waals surface area contributed by atoms with Gasteiger partial charge >= 0.3 is 5.69 Å². The molecule has 0 spiro atoms. The molecule has 0 atom stereocenters. The van der Waals surface area contributed by atoms with E-state index in [1.54, 1.807) is 12.1 Å². The summed E-state index contributed by atoms with van der Waals surface area (Å²) in [6.45, 7) is 6.55. The molecule has 0 heterocycles. The fourth-order valence-corrected chi connectivity index (χ4v) is 3.70. The van der Waals surface area contributed by atoms with Crippen LogP contribution in [0.15, 0.2) is 53.6 Å². The molecule has 0 saturated carbocycles. The van der Waals surface area contributed by atoms with E-state index in [0.717, 1.165) is 28.8 Å². The van der Waals surface area contributed by atoms with E-state index in [4.69, 9.17) is 21.1 Å². The Kier molecular flexibility index (Phi) is 8.21. The quantitative estimate of drug-likeness (QED) is 0.200. The van der Waals surface area contributed by atoms with Crippen LogP contribution in [0.25, 0.3) is 0 Å². The predicted molar refractivity (Wildman–Crippen MR) is 134 cm³/mol. The van der Waals surface area contributed by atoms with Gasteiger partial charge in [-0.25, -0.2) is 0 Å². The van der Waals surface area contributed by atoms with Crippen molar-refractivity contribution in [3.63, 3.8) is 0 Å². The molecule has 182 valence electrons. The lowest BCUT2D eigenvalue weighted by Gasteiger charge is -2.15. The van der Waals surface area contributed by atoms with Crippen LogP contribution in [0, 0.1) is 34.1 Å². The average molecular weight is 499 g/mol. The third kappa shape index (κ3) is 6.67. The van der Waals surface area contributed by atoms with Crippen LogP contribution >= 0.6 is 11.6 Å². The minimum absolute atomic E-state index is 0.00128. The molecule has 0 fully saturated rings. The third-order valence-electron chi connectivity index (χ3n) is 4.78. The summed E-state index contributed by atoms with van der Waals surface area (Å²) in [4.78, 5) is 20.7. The summed E-state index contributed by atoms with van der Waals surface area (Å²) in [6, 6.07) is 12.7. The summed E-state index contributed by atoms with van der Waals surface area (Å²) in [7, 11) is 0.